The third-order valence-electron chi connectivity index (χ3n) is 1.96. The molecule has 1 aromatic heterocycles. The van der Waals surface area contributed by atoms with Crippen LogP contribution >= 0.6 is 34.7 Å². The highest BCUT2D eigenvalue weighted by Crippen LogP contribution is 2.35. The van der Waals surface area contributed by atoms with Crippen molar-refractivity contribution in [2.75, 3.05) is 12.5 Å². The number of hydrogen-bond donors (Lipinski definition) is 2. The van der Waals surface area contributed by atoms with Crippen LogP contribution in [0.25, 0.3) is 0 Å². The summed E-state index contributed by atoms with van der Waals surface area (Å²) in [6.07, 6.45) is -0.580. The van der Waals surface area contributed by atoms with Gasteiger partial charge < -0.3 is 4.74 Å². The predicted octanol–water partition coefficient (Wildman–Crippen LogP) is 3.03. The second-order valence-electron chi connectivity index (χ2n) is 3.19. The summed E-state index contributed by atoms with van der Waals surface area (Å²) in [5.41, 5.74) is 7.33. The summed E-state index contributed by atoms with van der Waals surface area (Å²) in [6, 6.07) is 5.31. The molecule has 0 unspecified atom stereocenters. The zero-order valence-electron chi connectivity index (χ0n) is 9.71. The second kappa shape index (κ2) is 6.60. The molecule has 1 aromatic carbocycles. The molecular formula is C10H9ClN4O2S2. The van der Waals surface area contributed by atoms with Crippen LogP contribution in [-0.4, -0.2) is 23.4 Å². The first-order valence-electron chi connectivity index (χ1n) is 5.02. The normalized spacial score (nSPS) is 10.0. The van der Waals surface area contributed by atoms with E-state index in [9.17, 15) is 4.79 Å². The van der Waals surface area contributed by atoms with Gasteiger partial charge in [0.05, 0.1) is 17.8 Å². The van der Waals surface area contributed by atoms with Gasteiger partial charge in [0.15, 0.2) is 4.34 Å². The van der Waals surface area contributed by atoms with Crippen LogP contribution in [0.4, 0.5) is 10.5 Å². The smallest absolute Gasteiger partial charge is 0.425 e. The van der Waals surface area contributed by atoms with Gasteiger partial charge in [-0.05, 0) is 18.2 Å². The number of nitrogens with one attached hydrogen (secondary N) is 2. The average molecular weight is 317 g/mol. The minimum Gasteiger partial charge on any atom is -0.452 e. The maximum absolute atomic E-state index is 10.9. The number of ether oxygens (including phenoxy) is 1. The number of carbonyl (C=O) groups excluding carboxylic acids is 1. The van der Waals surface area contributed by atoms with Gasteiger partial charge in [-0.3, -0.25) is 5.43 Å². The van der Waals surface area contributed by atoms with Gasteiger partial charge in [-0.25, -0.2) is 10.2 Å². The van der Waals surface area contributed by atoms with E-state index >= 15 is 0 Å². The van der Waals surface area contributed by atoms with Crippen LogP contribution in [0.3, 0.4) is 0 Å². The Morgan fingerprint density at radius 1 is 1.53 bits per heavy atom. The van der Waals surface area contributed by atoms with Gasteiger partial charge in [0, 0.05) is 4.90 Å². The topological polar surface area (TPSA) is 76.1 Å². The van der Waals surface area contributed by atoms with Crippen LogP contribution in [0.2, 0.25) is 5.02 Å². The lowest BCUT2D eigenvalue weighted by Crippen LogP contribution is -2.28. The Kier molecular flexibility index (Phi) is 4.83. The number of nitrogens with zero attached hydrogens (tertiary/aromatic N) is 2. The fourth-order valence-electron chi connectivity index (χ4n) is 1.14. The highest BCUT2D eigenvalue weighted by Gasteiger charge is 2.07. The van der Waals surface area contributed by atoms with E-state index in [0.717, 1.165) is 9.24 Å². The van der Waals surface area contributed by atoms with Crippen LogP contribution in [-0.2, 0) is 4.74 Å². The van der Waals surface area contributed by atoms with Crippen molar-refractivity contribution >= 4 is 46.5 Å². The third-order valence-corrected chi connectivity index (χ3v) is 4.24. The first kappa shape index (κ1) is 13.9. The molecule has 0 spiro atoms. The Morgan fingerprint density at radius 3 is 3.00 bits per heavy atom. The van der Waals surface area contributed by atoms with Crippen LogP contribution in [0, 0.1) is 0 Å². The standard InChI is InChI=1S/C10H9ClN4O2S2/c1-17-9(16)14-13-6-2-3-8(7(11)4-6)19-10-15-12-5-18-10/h2-5,13H,1H3,(H,14,16). The minimum atomic E-state index is -0.580. The fraction of sp³-hybridized carbons (Fsp3) is 0.100. The van der Waals surface area contributed by atoms with E-state index in [-0.39, 0.29) is 0 Å². The summed E-state index contributed by atoms with van der Waals surface area (Å²) in [5.74, 6) is 0. The molecule has 0 bridgehead atoms. The number of benzene rings is 1. The summed E-state index contributed by atoms with van der Waals surface area (Å²) >= 11 is 9.02. The molecule has 0 atom stereocenters. The number of hydrazine groups is 1. The van der Waals surface area contributed by atoms with Crippen LogP contribution in [0.15, 0.2) is 32.9 Å². The predicted molar refractivity (Wildman–Crippen MR) is 74.6 cm³/mol. The van der Waals surface area contributed by atoms with Gasteiger partial charge in [0.1, 0.15) is 5.51 Å². The summed E-state index contributed by atoms with van der Waals surface area (Å²) in [5, 5.41) is 8.24. The van der Waals surface area contributed by atoms with E-state index in [0.29, 0.717) is 10.7 Å². The number of aromatic nitrogens is 2. The Morgan fingerprint density at radius 2 is 2.37 bits per heavy atom. The van der Waals surface area contributed by atoms with Gasteiger partial charge in [-0.15, -0.1) is 10.2 Å². The van der Waals surface area contributed by atoms with Gasteiger partial charge in [0.25, 0.3) is 0 Å². The van der Waals surface area contributed by atoms with Crippen molar-refractivity contribution in [3.05, 3.63) is 28.7 Å². The molecule has 0 radical (unpaired) electrons. The molecule has 0 saturated heterocycles. The number of carbonyl (C=O) groups is 1. The van der Waals surface area contributed by atoms with E-state index in [1.54, 1.807) is 17.6 Å². The van der Waals surface area contributed by atoms with Crippen LogP contribution in [0.1, 0.15) is 0 Å². The molecular weight excluding hydrogens is 308 g/mol. The fourth-order valence-corrected chi connectivity index (χ4v) is 2.87. The van der Waals surface area contributed by atoms with Gasteiger partial charge in [-0.1, -0.05) is 34.7 Å². The van der Waals surface area contributed by atoms with Crippen LogP contribution in [0.5, 0.6) is 0 Å². The van der Waals surface area contributed by atoms with E-state index in [1.807, 2.05) is 6.07 Å². The molecule has 1 heterocycles. The second-order valence-corrected chi connectivity index (χ2v) is 5.72. The highest BCUT2D eigenvalue weighted by molar-refractivity contribution is 8.01. The molecule has 2 N–H and O–H groups in total. The number of rotatable bonds is 4. The van der Waals surface area contributed by atoms with Crippen molar-refractivity contribution in [1.29, 1.82) is 0 Å². The first-order valence-corrected chi connectivity index (χ1v) is 7.10. The Bertz CT molecular complexity index is 565. The molecule has 0 aliphatic carbocycles. The van der Waals surface area contributed by atoms with Crippen molar-refractivity contribution < 1.29 is 9.53 Å². The molecule has 100 valence electrons. The van der Waals surface area contributed by atoms with E-state index in [2.05, 4.69) is 25.8 Å². The van der Waals surface area contributed by atoms with Crippen molar-refractivity contribution in [1.82, 2.24) is 15.6 Å². The molecule has 9 heteroatoms. The van der Waals surface area contributed by atoms with E-state index in [1.165, 1.54) is 30.2 Å². The molecule has 2 rings (SSSR count). The van der Waals surface area contributed by atoms with Crippen molar-refractivity contribution in [2.24, 2.45) is 0 Å². The highest BCUT2D eigenvalue weighted by atomic mass is 35.5. The van der Waals surface area contributed by atoms with Crippen molar-refractivity contribution in [3.8, 4) is 0 Å². The lowest BCUT2D eigenvalue weighted by Gasteiger charge is -2.09. The molecule has 19 heavy (non-hydrogen) atoms. The van der Waals surface area contributed by atoms with E-state index in [4.69, 9.17) is 11.6 Å². The third kappa shape index (κ3) is 3.98. The molecule has 0 fully saturated rings. The largest absolute Gasteiger partial charge is 0.452 e. The summed E-state index contributed by atoms with van der Waals surface area (Å²) in [4.78, 5) is 11.8. The SMILES string of the molecule is COC(=O)NNc1ccc(Sc2nncs2)c(Cl)c1. The van der Waals surface area contributed by atoms with Gasteiger partial charge in [-0.2, -0.15) is 0 Å². The van der Waals surface area contributed by atoms with E-state index < -0.39 is 6.09 Å². The maximum atomic E-state index is 10.9. The van der Waals surface area contributed by atoms with Crippen molar-refractivity contribution in [3.63, 3.8) is 0 Å². The van der Waals surface area contributed by atoms with Crippen LogP contribution < -0.4 is 10.9 Å². The van der Waals surface area contributed by atoms with Gasteiger partial charge >= 0.3 is 6.09 Å². The van der Waals surface area contributed by atoms with Crippen molar-refractivity contribution in [2.45, 2.75) is 9.24 Å². The number of amides is 1. The molecule has 1 amide bonds. The monoisotopic (exact) mass is 316 g/mol. The number of anilines is 1. The first-order chi connectivity index (χ1) is 9.19. The lowest BCUT2D eigenvalue weighted by molar-refractivity contribution is 0.173. The quantitative estimate of drug-likeness (QED) is 0.844. The number of halogens is 1. The summed E-state index contributed by atoms with van der Waals surface area (Å²) in [7, 11) is 1.28. The molecule has 6 nitrogen and oxygen atoms in total. The molecule has 0 aliphatic rings. The number of hydrogen-bond acceptors (Lipinski definition) is 7. The molecule has 0 saturated carbocycles. The summed E-state index contributed by atoms with van der Waals surface area (Å²) in [6.45, 7) is 0. The maximum Gasteiger partial charge on any atom is 0.425 e. The lowest BCUT2D eigenvalue weighted by atomic mass is 10.3. The average Bonchev–Trinajstić information content (AvgIpc) is 2.91. The zero-order chi connectivity index (χ0) is 13.7. The zero-order valence-corrected chi connectivity index (χ0v) is 12.1. The Labute approximate surface area is 122 Å². The summed E-state index contributed by atoms with van der Waals surface area (Å²) < 4.78 is 5.25. The Hall–Kier alpha value is -1.51. The Balaban J connectivity index is 2.02. The molecule has 0 aliphatic heterocycles. The molecule has 2 aromatic rings. The minimum absolute atomic E-state index is 0.553. The number of methoxy groups -OCH3 is 1. The van der Waals surface area contributed by atoms with Gasteiger partial charge in [0.2, 0.25) is 0 Å².